The van der Waals surface area contributed by atoms with Crippen LogP contribution >= 0.6 is 0 Å². The van der Waals surface area contributed by atoms with Gasteiger partial charge in [-0.25, -0.2) is 4.99 Å². The first-order valence-electron chi connectivity index (χ1n) is 10.0. The second-order valence-corrected chi connectivity index (χ2v) is 6.50. The Balaban J connectivity index is 1.67. The Morgan fingerprint density at radius 3 is 2.77 bits per heavy atom. The van der Waals surface area contributed by atoms with Crippen molar-refractivity contribution in [2.24, 2.45) is 4.99 Å². The van der Waals surface area contributed by atoms with Crippen molar-refractivity contribution in [3.63, 3.8) is 0 Å². The third-order valence-corrected chi connectivity index (χ3v) is 4.23. The molecule has 0 fully saturated rings. The molecule has 0 saturated heterocycles. The van der Waals surface area contributed by atoms with E-state index in [1.807, 2.05) is 66.1 Å². The van der Waals surface area contributed by atoms with Gasteiger partial charge < -0.3 is 20.1 Å². The number of para-hydroxylation sites is 1. The summed E-state index contributed by atoms with van der Waals surface area (Å²) in [4.78, 5) is 4.67. The second-order valence-electron chi connectivity index (χ2n) is 6.50. The monoisotopic (exact) mass is 408 g/mol. The molecule has 1 aromatic heterocycles. The molecule has 8 nitrogen and oxygen atoms in total. The highest BCUT2D eigenvalue weighted by molar-refractivity contribution is 5.93. The van der Waals surface area contributed by atoms with Crippen molar-refractivity contribution in [1.82, 2.24) is 20.1 Å². The topological polar surface area (TPSA) is 85.6 Å². The van der Waals surface area contributed by atoms with E-state index in [0.717, 1.165) is 35.9 Å². The smallest absolute Gasteiger partial charge is 0.196 e. The highest BCUT2D eigenvalue weighted by atomic mass is 16.5. The Hall–Kier alpha value is -3.39. The van der Waals surface area contributed by atoms with Crippen molar-refractivity contribution in [2.75, 3.05) is 32.2 Å². The van der Waals surface area contributed by atoms with E-state index in [1.54, 1.807) is 13.4 Å². The normalized spacial score (nSPS) is 11.3. The fraction of sp³-hybridized carbons (Fsp3) is 0.318. The van der Waals surface area contributed by atoms with Crippen LogP contribution in [0.5, 0.6) is 5.75 Å². The molecule has 0 unspecified atom stereocenters. The summed E-state index contributed by atoms with van der Waals surface area (Å²) in [6, 6.07) is 17.8. The van der Waals surface area contributed by atoms with Crippen LogP contribution in [0.3, 0.4) is 0 Å². The first-order valence-corrected chi connectivity index (χ1v) is 10.0. The van der Waals surface area contributed by atoms with Crippen molar-refractivity contribution in [2.45, 2.75) is 19.9 Å². The lowest BCUT2D eigenvalue weighted by Crippen LogP contribution is -2.30. The molecule has 0 bridgehead atoms. The Morgan fingerprint density at radius 1 is 1.10 bits per heavy atom. The molecule has 0 aliphatic rings. The summed E-state index contributed by atoms with van der Waals surface area (Å²) in [6.07, 6.45) is 2.55. The number of hydrogen-bond acceptors (Lipinski definition) is 5. The number of nitrogens with one attached hydrogen (secondary N) is 2. The number of anilines is 1. The Labute approximate surface area is 177 Å². The number of ether oxygens (including phenoxy) is 2. The number of nitrogens with zero attached hydrogens (tertiary/aromatic N) is 4. The predicted octanol–water partition coefficient (Wildman–Crippen LogP) is 3.26. The Bertz CT molecular complexity index is 926. The van der Waals surface area contributed by atoms with E-state index >= 15 is 0 Å². The number of rotatable bonds is 10. The lowest BCUT2D eigenvalue weighted by atomic mass is 10.3. The molecule has 30 heavy (non-hydrogen) atoms. The van der Waals surface area contributed by atoms with Gasteiger partial charge in [-0.2, -0.15) is 0 Å². The van der Waals surface area contributed by atoms with Crippen LogP contribution in [0.2, 0.25) is 0 Å². The van der Waals surface area contributed by atoms with Gasteiger partial charge >= 0.3 is 0 Å². The van der Waals surface area contributed by atoms with Crippen LogP contribution in [0.25, 0.3) is 5.69 Å². The zero-order valence-corrected chi connectivity index (χ0v) is 17.4. The SMILES string of the molecule is CCNC(=NCc1nncn1-c1ccccc1)Nc1cccc(OCCCOC)c1. The lowest BCUT2D eigenvalue weighted by Gasteiger charge is -2.13. The summed E-state index contributed by atoms with van der Waals surface area (Å²) >= 11 is 0. The van der Waals surface area contributed by atoms with Crippen LogP contribution in [0.4, 0.5) is 5.69 Å². The van der Waals surface area contributed by atoms with Gasteiger partial charge in [-0.05, 0) is 31.2 Å². The fourth-order valence-electron chi connectivity index (χ4n) is 2.82. The molecule has 0 aliphatic heterocycles. The van der Waals surface area contributed by atoms with Crippen LogP contribution in [0.1, 0.15) is 19.2 Å². The molecule has 0 amide bonds. The maximum atomic E-state index is 5.77. The van der Waals surface area contributed by atoms with Crippen molar-refractivity contribution < 1.29 is 9.47 Å². The molecular weight excluding hydrogens is 380 g/mol. The lowest BCUT2D eigenvalue weighted by molar-refractivity contribution is 0.172. The summed E-state index contributed by atoms with van der Waals surface area (Å²) < 4.78 is 12.8. The average Bonchev–Trinajstić information content (AvgIpc) is 3.25. The largest absolute Gasteiger partial charge is 0.493 e. The maximum absolute atomic E-state index is 5.77. The zero-order chi connectivity index (χ0) is 21.0. The predicted molar refractivity (Wildman–Crippen MR) is 118 cm³/mol. The number of aromatic nitrogens is 3. The molecule has 0 atom stereocenters. The van der Waals surface area contributed by atoms with Crippen LogP contribution in [0, 0.1) is 0 Å². The van der Waals surface area contributed by atoms with Crippen molar-refractivity contribution in [1.29, 1.82) is 0 Å². The van der Waals surface area contributed by atoms with Crippen LogP contribution in [0.15, 0.2) is 65.9 Å². The highest BCUT2D eigenvalue weighted by Gasteiger charge is 2.07. The van der Waals surface area contributed by atoms with E-state index < -0.39 is 0 Å². The summed E-state index contributed by atoms with van der Waals surface area (Å²) in [5.41, 5.74) is 1.90. The van der Waals surface area contributed by atoms with Crippen LogP contribution in [-0.2, 0) is 11.3 Å². The third kappa shape index (κ3) is 6.31. The van der Waals surface area contributed by atoms with Gasteiger partial charge in [0.2, 0.25) is 0 Å². The molecule has 0 spiro atoms. The van der Waals surface area contributed by atoms with Crippen molar-refractivity contribution in [3.05, 3.63) is 66.7 Å². The Morgan fingerprint density at radius 2 is 1.97 bits per heavy atom. The fourth-order valence-corrected chi connectivity index (χ4v) is 2.82. The van der Waals surface area contributed by atoms with Gasteiger partial charge in [-0.3, -0.25) is 4.57 Å². The van der Waals surface area contributed by atoms with Crippen molar-refractivity contribution >= 4 is 11.6 Å². The minimum absolute atomic E-state index is 0.386. The molecular formula is C22H28N6O2. The van der Waals surface area contributed by atoms with Crippen LogP contribution in [-0.4, -0.2) is 47.6 Å². The molecule has 8 heteroatoms. The first-order chi connectivity index (χ1) is 14.8. The molecule has 0 saturated carbocycles. The maximum Gasteiger partial charge on any atom is 0.196 e. The number of aliphatic imine (C=N–C) groups is 1. The van der Waals surface area contributed by atoms with E-state index in [1.165, 1.54) is 0 Å². The third-order valence-electron chi connectivity index (χ3n) is 4.23. The van der Waals surface area contributed by atoms with Gasteiger partial charge in [0.05, 0.1) is 6.61 Å². The number of hydrogen-bond donors (Lipinski definition) is 2. The van der Waals surface area contributed by atoms with E-state index in [4.69, 9.17) is 9.47 Å². The van der Waals surface area contributed by atoms with Gasteiger partial charge in [-0.1, -0.05) is 24.3 Å². The zero-order valence-electron chi connectivity index (χ0n) is 17.4. The number of methoxy groups -OCH3 is 1. The number of benzene rings is 2. The van der Waals surface area contributed by atoms with E-state index in [2.05, 4.69) is 25.8 Å². The second kappa shape index (κ2) is 11.6. The molecule has 1 heterocycles. The van der Waals surface area contributed by atoms with E-state index in [0.29, 0.717) is 25.7 Å². The van der Waals surface area contributed by atoms with Crippen LogP contribution < -0.4 is 15.4 Å². The highest BCUT2D eigenvalue weighted by Crippen LogP contribution is 2.17. The van der Waals surface area contributed by atoms with E-state index in [-0.39, 0.29) is 0 Å². The summed E-state index contributed by atoms with van der Waals surface area (Å²) in [5.74, 6) is 2.22. The van der Waals surface area contributed by atoms with Gasteiger partial charge in [0.25, 0.3) is 0 Å². The summed E-state index contributed by atoms with van der Waals surface area (Å²) in [6.45, 7) is 4.45. The molecule has 0 aliphatic carbocycles. The van der Waals surface area contributed by atoms with Gasteiger partial charge in [0, 0.05) is 44.1 Å². The minimum atomic E-state index is 0.386. The number of guanidine groups is 1. The average molecular weight is 409 g/mol. The first kappa shape index (κ1) is 21.3. The molecule has 2 N–H and O–H groups in total. The van der Waals surface area contributed by atoms with Gasteiger partial charge in [0.1, 0.15) is 18.6 Å². The quantitative estimate of drug-likeness (QED) is 0.304. The van der Waals surface area contributed by atoms with E-state index in [9.17, 15) is 0 Å². The molecule has 0 radical (unpaired) electrons. The Kier molecular flexibility index (Phi) is 8.23. The molecule has 3 rings (SSSR count). The summed E-state index contributed by atoms with van der Waals surface area (Å²) in [5, 5.41) is 14.8. The van der Waals surface area contributed by atoms with Gasteiger partial charge in [0.15, 0.2) is 11.8 Å². The standard InChI is InChI=1S/C22H28N6O2/c1-3-23-22(26-18-9-7-12-20(15-18)30-14-8-13-29-2)24-16-21-27-25-17-28(21)19-10-5-4-6-11-19/h4-7,9-12,15,17H,3,8,13-14,16H2,1-2H3,(H2,23,24,26). The molecule has 158 valence electrons. The minimum Gasteiger partial charge on any atom is -0.493 e. The van der Waals surface area contributed by atoms with Crippen molar-refractivity contribution in [3.8, 4) is 11.4 Å². The summed E-state index contributed by atoms with van der Waals surface area (Å²) in [7, 11) is 1.69. The van der Waals surface area contributed by atoms with Gasteiger partial charge in [-0.15, -0.1) is 10.2 Å². The molecule has 3 aromatic rings. The molecule has 2 aromatic carbocycles.